The summed E-state index contributed by atoms with van der Waals surface area (Å²) in [7, 11) is 0. The molecule has 2 aromatic carbocycles. The second-order valence-corrected chi connectivity index (χ2v) is 7.50. The highest BCUT2D eigenvalue weighted by atomic mass is 16.8. The summed E-state index contributed by atoms with van der Waals surface area (Å²) in [6.07, 6.45) is -2.78. The number of hydrogen-bond donors (Lipinski definition) is 1. The van der Waals surface area contributed by atoms with Gasteiger partial charge in [-0.3, -0.25) is 4.84 Å². The Hall–Kier alpha value is -3.75. The van der Waals surface area contributed by atoms with Crippen LogP contribution in [-0.4, -0.2) is 41.6 Å². The topological polar surface area (TPSA) is 103 Å². The molecule has 0 bridgehead atoms. The highest BCUT2D eigenvalue weighted by molar-refractivity contribution is 5.73. The van der Waals surface area contributed by atoms with Crippen molar-refractivity contribution in [3.05, 3.63) is 60.7 Å². The molecule has 2 amide bonds. The Morgan fingerprint density at radius 1 is 0.903 bits per heavy atom. The van der Waals surface area contributed by atoms with Crippen LogP contribution in [0.3, 0.4) is 0 Å². The summed E-state index contributed by atoms with van der Waals surface area (Å²) in [5.74, 6) is 0.494. The first-order chi connectivity index (χ1) is 14.6. The number of carbonyl (C=O) groups excluding carboxylic acids is 3. The molecule has 166 valence electrons. The van der Waals surface area contributed by atoms with Gasteiger partial charge in [0.2, 0.25) is 0 Å². The number of alkyl carbamates (subject to hydrolysis) is 1. The third-order valence-corrected chi connectivity index (χ3v) is 3.59. The average Bonchev–Trinajstić information content (AvgIpc) is 2.70. The van der Waals surface area contributed by atoms with Crippen molar-refractivity contribution in [2.24, 2.45) is 0 Å². The summed E-state index contributed by atoms with van der Waals surface area (Å²) in [6, 6.07) is 15.7. The monoisotopic (exact) mass is 430 g/mol. The van der Waals surface area contributed by atoms with Gasteiger partial charge in [-0.25, -0.2) is 14.4 Å². The molecule has 0 heterocycles. The van der Waals surface area contributed by atoms with Gasteiger partial charge in [0.25, 0.3) is 0 Å². The second kappa shape index (κ2) is 10.9. The van der Waals surface area contributed by atoms with E-state index in [4.69, 9.17) is 19.0 Å². The van der Waals surface area contributed by atoms with Gasteiger partial charge in [-0.2, -0.15) is 0 Å². The Kier molecular flexibility index (Phi) is 8.25. The molecule has 1 unspecified atom stereocenters. The van der Waals surface area contributed by atoms with Crippen LogP contribution in [0.5, 0.6) is 11.5 Å². The van der Waals surface area contributed by atoms with E-state index in [1.54, 1.807) is 88.4 Å². The number of hydrogen-bond acceptors (Lipinski definition) is 7. The molecular weight excluding hydrogens is 404 g/mol. The van der Waals surface area contributed by atoms with Crippen LogP contribution in [0.2, 0.25) is 0 Å². The number of nitrogens with zero attached hydrogens (tertiary/aromatic N) is 1. The summed E-state index contributed by atoms with van der Waals surface area (Å²) in [5.41, 5.74) is -0.685. The standard InChI is InChI=1S/C22H26N2O7/c1-16(15-23-19(25)30-22(2,3)4)24(20(26)28-17-11-7-5-8-12-17)31-21(27)29-18-13-9-6-10-14-18/h5-14,16H,15H2,1-4H3,(H,23,25). The van der Waals surface area contributed by atoms with Crippen molar-refractivity contribution >= 4 is 18.3 Å². The minimum absolute atomic E-state index is 0.0720. The zero-order chi connectivity index (χ0) is 22.9. The molecule has 0 aliphatic heterocycles. The maximum atomic E-state index is 12.6. The lowest BCUT2D eigenvalue weighted by Crippen LogP contribution is -2.48. The Bertz CT molecular complexity index is 866. The van der Waals surface area contributed by atoms with E-state index in [0.717, 1.165) is 0 Å². The molecule has 0 saturated carbocycles. The number of benzene rings is 2. The van der Waals surface area contributed by atoms with Crippen molar-refractivity contribution in [1.82, 2.24) is 10.4 Å². The van der Waals surface area contributed by atoms with Crippen molar-refractivity contribution in [2.75, 3.05) is 6.54 Å². The number of nitrogens with one attached hydrogen (secondary N) is 1. The van der Waals surface area contributed by atoms with E-state index < -0.39 is 30.0 Å². The van der Waals surface area contributed by atoms with Gasteiger partial charge in [0, 0.05) is 6.54 Å². The second-order valence-electron chi connectivity index (χ2n) is 7.50. The number of para-hydroxylation sites is 2. The first-order valence-corrected chi connectivity index (χ1v) is 9.62. The molecular formula is C22H26N2O7. The van der Waals surface area contributed by atoms with E-state index in [2.05, 4.69) is 5.32 Å². The van der Waals surface area contributed by atoms with Crippen molar-refractivity contribution in [3.63, 3.8) is 0 Å². The molecule has 2 aromatic rings. The average molecular weight is 430 g/mol. The molecule has 0 aromatic heterocycles. The number of rotatable bonds is 5. The molecule has 0 aliphatic carbocycles. The van der Waals surface area contributed by atoms with Gasteiger partial charge in [-0.05, 0) is 52.0 Å². The van der Waals surface area contributed by atoms with Gasteiger partial charge in [0.1, 0.15) is 17.1 Å². The van der Waals surface area contributed by atoms with E-state index in [-0.39, 0.29) is 18.0 Å². The fraction of sp³-hybridized carbons (Fsp3) is 0.318. The lowest BCUT2D eigenvalue weighted by Gasteiger charge is -2.26. The van der Waals surface area contributed by atoms with Crippen LogP contribution in [0.25, 0.3) is 0 Å². The molecule has 1 atom stereocenters. The van der Waals surface area contributed by atoms with Gasteiger partial charge in [-0.15, -0.1) is 5.06 Å². The first kappa shape index (κ1) is 23.5. The molecule has 0 spiro atoms. The van der Waals surface area contributed by atoms with E-state index >= 15 is 0 Å². The van der Waals surface area contributed by atoms with E-state index in [1.165, 1.54) is 0 Å². The van der Waals surface area contributed by atoms with Gasteiger partial charge in [0.05, 0.1) is 6.04 Å². The first-order valence-electron chi connectivity index (χ1n) is 9.62. The minimum atomic E-state index is -1.14. The summed E-state index contributed by atoms with van der Waals surface area (Å²) in [4.78, 5) is 41.8. The van der Waals surface area contributed by atoms with Crippen molar-refractivity contribution in [3.8, 4) is 11.5 Å². The third-order valence-electron chi connectivity index (χ3n) is 3.59. The summed E-state index contributed by atoms with van der Waals surface area (Å²) >= 11 is 0. The molecule has 31 heavy (non-hydrogen) atoms. The van der Waals surface area contributed by atoms with Gasteiger partial charge >= 0.3 is 18.3 Å². The Morgan fingerprint density at radius 3 is 1.94 bits per heavy atom. The van der Waals surface area contributed by atoms with Gasteiger partial charge in [-0.1, -0.05) is 36.4 Å². The van der Waals surface area contributed by atoms with Crippen LogP contribution in [0.1, 0.15) is 27.7 Å². The quantitative estimate of drug-likeness (QED) is 0.422. The Morgan fingerprint density at radius 2 is 1.42 bits per heavy atom. The van der Waals surface area contributed by atoms with Gasteiger partial charge in [0.15, 0.2) is 0 Å². The number of amides is 2. The molecule has 0 aliphatic rings. The predicted molar refractivity (Wildman–Crippen MR) is 112 cm³/mol. The van der Waals surface area contributed by atoms with E-state index in [0.29, 0.717) is 5.06 Å². The van der Waals surface area contributed by atoms with Crippen molar-refractivity contribution in [2.45, 2.75) is 39.3 Å². The Labute approximate surface area is 180 Å². The molecule has 1 N–H and O–H groups in total. The summed E-state index contributed by atoms with van der Waals surface area (Å²) < 4.78 is 15.5. The number of ether oxygens (including phenoxy) is 3. The van der Waals surface area contributed by atoms with Crippen LogP contribution in [0, 0.1) is 0 Å². The maximum Gasteiger partial charge on any atom is 0.539 e. The maximum absolute atomic E-state index is 12.6. The minimum Gasteiger partial charge on any atom is -0.444 e. The fourth-order valence-corrected chi connectivity index (χ4v) is 2.25. The summed E-state index contributed by atoms with van der Waals surface area (Å²) in [6.45, 7) is 6.66. The van der Waals surface area contributed by atoms with Crippen LogP contribution in [0.15, 0.2) is 60.7 Å². The summed E-state index contributed by atoms with van der Waals surface area (Å²) in [5, 5.41) is 3.21. The highest BCUT2D eigenvalue weighted by Gasteiger charge is 2.29. The normalized spacial score (nSPS) is 11.6. The molecule has 0 fully saturated rings. The zero-order valence-corrected chi connectivity index (χ0v) is 17.9. The largest absolute Gasteiger partial charge is 0.539 e. The van der Waals surface area contributed by atoms with E-state index in [9.17, 15) is 14.4 Å². The molecule has 9 nitrogen and oxygen atoms in total. The lowest BCUT2D eigenvalue weighted by molar-refractivity contribution is -0.111. The molecule has 2 rings (SSSR count). The van der Waals surface area contributed by atoms with Crippen LogP contribution in [-0.2, 0) is 9.57 Å². The molecule has 0 saturated heterocycles. The SMILES string of the molecule is CC(CNC(=O)OC(C)(C)C)N(OC(=O)Oc1ccccc1)C(=O)Oc1ccccc1. The highest BCUT2D eigenvalue weighted by Crippen LogP contribution is 2.15. The Balaban J connectivity index is 2.05. The van der Waals surface area contributed by atoms with Crippen molar-refractivity contribution < 1.29 is 33.4 Å². The fourth-order valence-electron chi connectivity index (χ4n) is 2.25. The van der Waals surface area contributed by atoms with Gasteiger partial charge < -0.3 is 19.5 Å². The van der Waals surface area contributed by atoms with Crippen LogP contribution in [0.4, 0.5) is 14.4 Å². The zero-order valence-electron chi connectivity index (χ0n) is 17.9. The molecule has 9 heteroatoms. The van der Waals surface area contributed by atoms with Crippen LogP contribution >= 0.6 is 0 Å². The van der Waals surface area contributed by atoms with Crippen LogP contribution < -0.4 is 14.8 Å². The number of carbonyl (C=O) groups is 3. The predicted octanol–water partition coefficient (Wildman–Crippen LogP) is 4.53. The molecule has 0 radical (unpaired) electrons. The number of hydroxylamine groups is 2. The third kappa shape index (κ3) is 8.65. The van der Waals surface area contributed by atoms with Crippen molar-refractivity contribution in [1.29, 1.82) is 0 Å². The lowest BCUT2D eigenvalue weighted by atomic mass is 10.2. The van der Waals surface area contributed by atoms with E-state index in [1.807, 2.05) is 0 Å². The smallest absolute Gasteiger partial charge is 0.444 e.